The molecule has 2 rings (SSSR count). The van der Waals surface area contributed by atoms with Crippen molar-refractivity contribution in [2.75, 3.05) is 7.11 Å². The van der Waals surface area contributed by atoms with Crippen LogP contribution >= 0.6 is 11.3 Å². The Hall–Kier alpha value is -1.42. The number of rotatable bonds is 2. The molecule has 0 atom stereocenters. The number of thiophene rings is 1. The van der Waals surface area contributed by atoms with Crippen molar-refractivity contribution in [3.63, 3.8) is 0 Å². The Labute approximate surface area is 91.7 Å². The molecule has 78 valence electrons. The van der Waals surface area contributed by atoms with E-state index in [4.69, 9.17) is 0 Å². The van der Waals surface area contributed by atoms with Crippen LogP contribution in [-0.4, -0.2) is 18.1 Å². The number of esters is 1. The smallest absolute Gasteiger partial charge is 0.339 e. The Bertz CT molecular complexity index is 504. The molecule has 0 N–H and O–H groups in total. The Morgan fingerprint density at radius 3 is 3.07 bits per heavy atom. The van der Waals surface area contributed by atoms with Crippen molar-refractivity contribution in [3.05, 3.63) is 28.8 Å². The van der Waals surface area contributed by atoms with Gasteiger partial charge < -0.3 is 4.74 Å². The molecule has 3 nitrogen and oxygen atoms in total. The summed E-state index contributed by atoms with van der Waals surface area (Å²) in [5.74, 6) is -0.336. The first kappa shape index (κ1) is 10.1. The van der Waals surface area contributed by atoms with E-state index in [1.807, 2.05) is 6.07 Å². The van der Waals surface area contributed by atoms with E-state index in [9.17, 15) is 4.79 Å². The fourth-order valence-electron chi connectivity index (χ4n) is 1.47. The fourth-order valence-corrected chi connectivity index (χ4v) is 2.45. The normalized spacial score (nSPS) is 10.5. The second-order valence-corrected chi connectivity index (χ2v) is 4.04. The Kier molecular flexibility index (Phi) is 2.68. The minimum Gasteiger partial charge on any atom is -0.465 e. The molecule has 0 aliphatic heterocycles. The lowest BCUT2D eigenvalue weighted by Gasteiger charge is -1.99. The molecule has 15 heavy (non-hydrogen) atoms. The van der Waals surface area contributed by atoms with Crippen molar-refractivity contribution >= 4 is 27.5 Å². The maximum absolute atomic E-state index is 11.3. The van der Waals surface area contributed by atoms with Gasteiger partial charge in [-0.25, -0.2) is 9.78 Å². The zero-order valence-corrected chi connectivity index (χ0v) is 9.43. The molecule has 4 heteroatoms. The zero-order valence-electron chi connectivity index (χ0n) is 8.61. The predicted molar refractivity (Wildman–Crippen MR) is 60.3 cm³/mol. The van der Waals surface area contributed by atoms with Gasteiger partial charge in [-0.15, -0.1) is 11.3 Å². The van der Waals surface area contributed by atoms with Gasteiger partial charge in [0.05, 0.1) is 12.7 Å². The van der Waals surface area contributed by atoms with E-state index in [2.05, 4.69) is 22.0 Å². The summed E-state index contributed by atoms with van der Waals surface area (Å²) in [6.45, 7) is 2.09. The summed E-state index contributed by atoms with van der Waals surface area (Å²) >= 11 is 1.60. The van der Waals surface area contributed by atoms with Gasteiger partial charge in [-0.3, -0.25) is 0 Å². The van der Waals surface area contributed by atoms with Crippen molar-refractivity contribution in [1.82, 2.24) is 4.98 Å². The summed E-state index contributed by atoms with van der Waals surface area (Å²) in [5.41, 5.74) is 1.74. The van der Waals surface area contributed by atoms with Crippen LogP contribution in [0, 0.1) is 0 Å². The third kappa shape index (κ3) is 1.72. The topological polar surface area (TPSA) is 39.2 Å². The molecule has 0 unspecified atom stereocenters. The number of aromatic nitrogens is 1. The highest BCUT2D eigenvalue weighted by Gasteiger charge is 2.09. The molecule has 0 bridgehead atoms. The SMILES string of the molecule is CCc1csc2ncc(C(=O)OC)cc12. The first-order valence-corrected chi connectivity index (χ1v) is 5.58. The highest BCUT2D eigenvalue weighted by Crippen LogP contribution is 2.25. The van der Waals surface area contributed by atoms with Crippen molar-refractivity contribution in [1.29, 1.82) is 0 Å². The second-order valence-electron chi connectivity index (χ2n) is 3.18. The van der Waals surface area contributed by atoms with Gasteiger partial charge in [0.2, 0.25) is 0 Å². The Morgan fingerprint density at radius 1 is 1.60 bits per heavy atom. The van der Waals surface area contributed by atoms with E-state index in [1.165, 1.54) is 12.7 Å². The molecule has 0 saturated carbocycles. The van der Waals surface area contributed by atoms with E-state index < -0.39 is 0 Å². The molecule has 0 aliphatic carbocycles. The van der Waals surface area contributed by atoms with Crippen LogP contribution in [-0.2, 0) is 11.2 Å². The van der Waals surface area contributed by atoms with Crippen LogP contribution in [0.3, 0.4) is 0 Å². The Morgan fingerprint density at radius 2 is 2.40 bits per heavy atom. The van der Waals surface area contributed by atoms with E-state index in [0.29, 0.717) is 5.56 Å². The molecule has 2 heterocycles. The van der Waals surface area contributed by atoms with E-state index in [-0.39, 0.29) is 5.97 Å². The largest absolute Gasteiger partial charge is 0.465 e. The number of carbonyl (C=O) groups excluding carboxylic acids is 1. The van der Waals surface area contributed by atoms with Crippen molar-refractivity contribution < 1.29 is 9.53 Å². The zero-order chi connectivity index (χ0) is 10.8. The molecule has 0 spiro atoms. The lowest BCUT2D eigenvalue weighted by molar-refractivity contribution is 0.0600. The fraction of sp³-hybridized carbons (Fsp3) is 0.273. The van der Waals surface area contributed by atoms with E-state index in [1.54, 1.807) is 17.5 Å². The van der Waals surface area contributed by atoms with Gasteiger partial charge in [0.15, 0.2) is 0 Å². The van der Waals surface area contributed by atoms with Crippen LogP contribution in [0.2, 0.25) is 0 Å². The number of carbonyl (C=O) groups is 1. The molecule has 0 radical (unpaired) electrons. The monoisotopic (exact) mass is 221 g/mol. The highest BCUT2D eigenvalue weighted by molar-refractivity contribution is 7.16. The summed E-state index contributed by atoms with van der Waals surface area (Å²) in [5, 5.41) is 3.14. The number of pyridine rings is 1. The van der Waals surface area contributed by atoms with Crippen LogP contribution in [0.25, 0.3) is 10.2 Å². The molecular weight excluding hydrogens is 210 g/mol. The van der Waals surface area contributed by atoms with Crippen LogP contribution in [0.1, 0.15) is 22.8 Å². The lowest BCUT2D eigenvalue weighted by Crippen LogP contribution is -2.01. The Balaban J connectivity index is 2.57. The third-order valence-corrected chi connectivity index (χ3v) is 3.26. The molecule has 0 saturated heterocycles. The molecular formula is C11H11NO2S. The molecule has 2 aromatic heterocycles. The van der Waals surface area contributed by atoms with Gasteiger partial charge in [-0.05, 0) is 23.4 Å². The maximum Gasteiger partial charge on any atom is 0.339 e. The second kappa shape index (κ2) is 3.98. The summed E-state index contributed by atoms with van der Waals surface area (Å²) in [4.78, 5) is 16.5. The number of ether oxygens (including phenoxy) is 1. The van der Waals surface area contributed by atoms with Crippen LogP contribution in [0.5, 0.6) is 0 Å². The van der Waals surface area contributed by atoms with Crippen molar-refractivity contribution in [2.24, 2.45) is 0 Å². The van der Waals surface area contributed by atoms with Crippen molar-refractivity contribution in [3.8, 4) is 0 Å². The van der Waals surface area contributed by atoms with Crippen LogP contribution in [0.15, 0.2) is 17.6 Å². The third-order valence-electron chi connectivity index (χ3n) is 2.31. The molecule has 0 amide bonds. The average molecular weight is 221 g/mol. The summed E-state index contributed by atoms with van der Waals surface area (Å²) in [7, 11) is 1.38. The summed E-state index contributed by atoms with van der Waals surface area (Å²) in [6.07, 6.45) is 2.51. The van der Waals surface area contributed by atoms with Gasteiger partial charge in [0.25, 0.3) is 0 Å². The molecule has 2 aromatic rings. The average Bonchev–Trinajstić information content (AvgIpc) is 2.69. The summed E-state index contributed by atoms with van der Waals surface area (Å²) in [6, 6.07) is 1.85. The van der Waals surface area contributed by atoms with Gasteiger partial charge in [-0.2, -0.15) is 0 Å². The maximum atomic E-state index is 11.3. The van der Waals surface area contributed by atoms with Crippen LogP contribution in [0.4, 0.5) is 0 Å². The van der Waals surface area contributed by atoms with Crippen LogP contribution < -0.4 is 0 Å². The number of fused-ring (bicyclic) bond motifs is 1. The standard InChI is InChI=1S/C11H11NO2S/c1-3-7-6-15-10-9(7)4-8(5-12-10)11(13)14-2/h4-6H,3H2,1-2H3. The number of aryl methyl sites for hydroxylation is 1. The summed E-state index contributed by atoms with van der Waals surface area (Å²) < 4.78 is 4.66. The highest BCUT2D eigenvalue weighted by atomic mass is 32.1. The minimum absolute atomic E-state index is 0.336. The number of hydrogen-bond donors (Lipinski definition) is 0. The quantitative estimate of drug-likeness (QED) is 0.732. The van der Waals surface area contributed by atoms with Gasteiger partial charge in [0.1, 0.15) is 4.83 Å². The van der Waals surface area contributed by atoms with E-state index >= 15 is 0 Å². The first-order chi connectivity index (χ1) is 7.26. The van der Waals surface area contributed by atoms with E-state index in [0.717, 1.165) is 16.6 Å². The van der Waals surface area contributed by atoms with Gasteiger partial charge in [-0.1, -0.05) is 6.92 Å². The van der Waals surface area contributed by atoms with Gasteiger partial charge >= 0.3 is 5.97 Å². The first-order valence-electron chi connectivity index (χ1n) is 4.70. The molecule has 0 aliphatic rings. The molecule has 0 aromatic carbocycles. The number of methoxy groups -OCH3 is 1. The minimum atomic E-state index is -0.336. The molecule has 0 fully saturated rings. The number of nitrogens with zero attached hydrogens (tertiary/aromatic N) is 1. The lowest BCUT2D eigenvalue weighted by atomic mass is 10.1. The van der Waals surface area contributed by atoms with Gasteiger partial charge in [0, 0.05) is 11.6 Å². The number of hydrogen-bond acceptors (Lipinski definition) is 4. The predicted octanol–water partition coefficient (Wildman–Crippen LogP) is 2.65. The van der Waals surface area contributed by atoms with Crippen molar-refractivity contribution in [2.45, 2.75) is 13.3 Å².